The first kappa shape index (κ1) is 14.6. The van der Waals surface area contributed by atoms with Crippen LogP contribution >= 0.6 is 0 Å². The van der Waals surface area contributed by atoms with E-state index in [9.17, 15) is 0 Å². The second-order valence-electron chi connectivity index (χ2n) is 5.71. The zero-order valence-corrected chi connectivity index (χ0v) is 12.6. The highest BCUT2D eigenvalue weighted by Gasteiger charge is 2.06. The lowest BCUT2D eigenvalue weighted by atomic mass is 9.99. The lowest BCUT2D eigenvalue weighted by molar-refractivity contribution is 0.665. The minimum atomic E-state index is 0.169. The molecule has 0 aromatic heterocycles. The van der Waals surface area contributed by atoms with Crippen LogP contribution < -0.4 is 10.6 Å². The molecule has 1 unspecified atom stereocenters. The molecule has 20 heavy (non-hydrogen) atoms. The first-order valence-corrected chi connectivity index (χ1v) is 7.12. The molecule has 1 atom stereocenters. The maximum Gasteiger partial charge on any atom is 0.0361 e. The highest BCUT2D eigenvalue weighted by molar-refractivity contribution is 5.46. The Morgan fingerprint density at radius 1 is 0.850 bits per heavy atom. The van der Waals surface area contributed by atoms with E-state index in [1.54, 1.807) is 0 Å². The van der Waals surface area contributed by atoms with Crippen molar-refractivity contribution in [1.29, 1.82) is 0 Å². The van der Waals surface area contributed by atoms with Crippen molar-refractivity contribution >= 4 is 5.69 Å². The van der Waals surface area contributed by atoms with E-state index in [-0.39, 0.29) is 6.04 Å². The van der Waals surface area contributed by atoms with Gasteiger partial charge in [-0.1, -0.05) is 42.0 Å². The lowest BCUT2D eigenvalue weighted by Gasteiger charge is -2.15. The van der Waals surface area contributed by atoms with Crippen LogP contribution in [-0.4, -0.2) is 20.1 Å². The molecule has 0 aliphatic rings. The van der Waals surface area contributed by atoms with Crippen LogP contribution in [0, 0.1) is 6.92 Å². The minimum absolute atomic E-state index is 0.169. The summed E-state index contributed by atoms with van der Waals surface area (Å²) in [6.07, 6.45) is 1.84. The molecule has 0 fully saturated rings. The van der Waals surface area contributed by atoms with Gasteiger partial charge in [-0.15, -0.1) is 0 Å². The third kappa shape index (κ3) is 4.10. The molecule has 0 aliphatic heterocycles. The zero-order chi connectivity index (χ0) is 14.5. The average Bonchev–Trinajstić information content (AvgIpc) is 2.42. The summed E-state index contributed by atoms with van der Waals surface area (Å²) in [7, 11) is 4.11. The van der Waals surface area contributed by atoms with E-state index in [1.807, 2.05) is 0 Å². The van der Waals surface area contributed by atoms with Crippen LogP contribution in [0.15, 0.2) is 48.5 Å². The van der Waals surface area contributed by atoms with Gasteiger partial charge >= 0.3 is 0 Å². The maximum absolute atomic E-state index is 6.26. The Labute approximate surface area is 122 Å². The fourth-order valence-electron chi connectivity index (χ4n) is 2.33. The van der Waals surface area contributed by atoms with Crippen LogP contribution in [0.4, 0.5) is 5.69 Å². The second kappa shape index (κ2) is 6.58. The van der Waals surface area contributed by atoms with Crippen molar-refractivity contribution in [3.05, 3.63) is 65.2 Å². The standard InChI is InChI=1S/C18H24N2/c1-14-4-6-15(7-5-14)12-17(19)13-16-8-10-18(11-9-16)20(2)3/h4-11,17H,12-13,19H2,1-3H3. The number of hydrogen-bond donors (Lipinski definition) is 1. The Bertz CT molecular complexity index is 526. The van der Waals surface area contributed by atoms with Crippen LogP contribution in [0.5, 0.6) is 0 Å². The van der Waals surface area contributed by atoms with Crippen molar-refractivity contribution in [3.8, 4) is 0 Å². The third-order valence-corrected chi connectivity index (χ3v) is 3.57. The van der Waals surface area contributed by atoms with Crippen LogP contribution in [0.1, 0.15) is 16.7 Å². The Kier molecular flexibility index (Phi) is 4.80. The largest absolute Gasteiger partial charge is 0.378 e. The average molecular weight is 268 g/mol. The van der Waals surface area contributed by atoms with Crippen LogP contribution in [0.25, 0.3) is 0 Å². The highest BCUT2D eigenvalue weighted by Crippen LogP contribution is 2.14. The van der Waals surface area contributed by atoms with Crippen molar-refractivity contribution in [3.63, 3.8) is 0 Å². The Balaban J connectivity index is 1.93. The molecule has 0 bridgehead atoms. The van der Waals surface area contributed by atoms with Gasteiger partial charge in [0.15, 0.2) is 0 Å². The van der Waals surface area contributed by atoms with Crippen LogP contribution in [0.3, 0.4) is 0 Å². The summed E-state index contributed by atoms with van der Waals surface area (Å²) >= 11 is 0. The predicted octanol–water partition coefficient (Wildman–Crippen LogP) is 3.17. The SMILES string of the molecule is Cc1ccc(CC(N)Cc2ccc(N(C)C)cc2)cc1. The van der Waals surface area contributed by atoms with Gasteiger partial charge in [0.2, 0.25) is 0 Å². The fraction of sp³-hybridized carbons (Fsp3) is 0.333. The molecular weight excluding hydrogens is 244 g/mol. The van der Waals surface area contributed by atoms with Crippen LogP contribution in [0.2, 0.25) is 0 Å². The summed E-state index contributed by atoms with van der Waals surface area (Å²) in [5.74, 6) is 0. The van der Waals surface area contributed by atoms with Gasteiger partial charge in [-0.3, -0.25) is 0 Å². The number of benzene rings is 2. The monoisotopic (exact) mass is 268 g/mol. The molecule has 2 heteroatoms. The van der Waals surface area contributed by atoms with E-state index in [4.69, 9.17) is 5.73 Å². The van der Waals surface area contributed by atoms with Gasteiger partial charge in [0.1, 0.15) is 0 Å². The Morgan fingerprint density at radius 3 is 1.75 bits per heavy atom. The molecule has 0 radical (unpaired) electrons. The van der Waals surface area contributed by atoms with Crippen molar-refractivity contribution in [2.24, 2.45) is 5.73 Å². The highest BCUT2D eigenvalue weighted by atomic mass is 15.1. The van der Waals surface area contributed by atoms with Gasteiger partial charge in [0, 0.05) is 25.8 Å². The lowest BCUT2D eigenvalue weighted by Crippen LogP contribution is -2.25. The molecule has 2 N–H and O–H groups in total. The van der Waals surface area contributed by atoms with Crippen molar-refractivity contribution in [2.75, 3.05) is 19.0 Å². The smallest absolute Gasteiger partial charge is 0.0361 e. The molecule has 2 aromatic rings. The van der Waals surface area contributed by atoms with Crippen LogP contribution in [-0.2, 0) is 12.8 Å². The van der Waals surface area contributed by atoms with Gasteiger partial charge in [-0.05, 0) is 43.0 Å². The van der Waals surface area contributed by atoms with Gasteiger partial charge in [-0.2, -0.15) is 0 Å². The van der Waals surface area contributed by atoms with E-state index >= 15 is 0 Å². The molecule has 2 rings (SSSR count). The molecule has 0 spiro atoms. The summed E-state index contributed by atoms with van der Waals surface area (Å²) < 4.78 is 0. The van der Waals surface area contributed by atoms with Gasteiger partial charge in [-0.25, -0.2) is 0 Å². The topological polar surface area (TPSA) is 29.3 Å². The molecular formula is C18H24N2. The Morgan fingerprint density at radius 2 is 1.30 bits per heavy atom. The molecule has 106 valence electrons. The summed E-state index contributed by atoms with van der Waals surface area (Å²) in [6, 6.07) is 17.4. The van der Waals surface area contributed by atoms with Crippen molar-refractivity contribution in [1.82, 2.24) is 0 Å². The first-order valence-electron chi connectivity index (χ1n) is 7.12. The summed E-state index contributed by atoms with van der Waals surface area (Å²) in [5.41, 5.74) is 11.4. The first-order chi connectivity index (χ1) is 9.54. The molecule has 2 nitrogen and oxygen atoms in total. The third-order valence-electron chi connectivity index (χ3n) is 3.57. The van der Waals surface area contributed by atoms with E-state index in [0.717, 1.165) is 12.8 Å². The fourth-order valence-corrected chi connectivity index (χ4v) is 2.33. The zero-order valence-electron chi connectivity index (χ0n) is 12.6. The Hall–Kier alpha value is -1.80. The predicted molar refractivity (Wildman–Crippen MR) is 87.3 cm³/mol. The van der Waals surface area contributed by atoms with Crippen molar-refractivity contribution < 1.29 is 0 Å². The van der Waals surface area contributed by atoms with E-state index in [2.05, 4.69) is 74.4 Å². The number of hydrogen-bond acceptors (Lipinski definition) is 2. The molecule has 0 aliphatic carbocycles. The number of nitrogens with zero attached hydrogens (tertiary/aromatic N) is 1. The number of aryl methyl sites for hydroxylation is 1. The number of rotatable bonds is 5. The van der Waals surface area contributed by atoms with Gasteiger partial charge in [0.25, 0.3) is 0 Å². The van der Waals surface area contributed by atoms with E-state index < -0.39 is 0 Å². The normalized spacial score (nSPS) is 12.2. The second-order valence-corrected chi connectivity index (χ2v) is 5.71. The van der Waals surface area contributed by atoms with Crippen molar-refractivity contribution in [2.45, 2.75) is 25.8 Å². The van der Waals surface area contributed by atoms with Gasteiger partial charge < -0.3 is 10.6 Å². The molecule has 0 saturated heterocycles. The molecule has 2 aromatic carbocycles. The van der Waals surface area contributed by atoms with E-state index in [1.165, 1.54) is 22.4 Å². The van der Waals surface area contributed by atoms with E-state index in [0.29, 0.717) is 0 Å². The summed E-state index contributed by atoms with van der Waals surface area (Å²) in [4.78, 5) is 2.11. The molecule has 0 heterocycles. The minimum Gasteiger partial charge on any atom is -0.378 e. The summed E-state index contributed by atoms with van der Waals surface area (Å²) in [6.45, 7) is 2.11. The van der Waals surface area contributed by atoms with Gasteiger partial charge in [0.05, 0.1) is 0 Å². The molecule has 0 amide bonds. The number of anilines is 1. The summed E-state index contributed by atoms with van der Waals surface area (Å²) in [5, 5.41) is 0. The quantitative estimate of drug-likeness (QED) is 0.902. The number of nitrogens with two attached hydrogens (primary N) is 1. The molecule has 0 saturated carbocycles. The maximum atomic E-state index is 6.26.